The molecule has 0 saturated carbocycles. The lowest BCUT2D eigenvalue weighted by Gasteiger charge is -2.05. The second-order valence-electron chi connectivity index (χ2n) is 4.09. The predicted molar refractivity (Wildman–Crippen MR) is 73.2 cm³/mol. The number of hydrogen-bond acceptors (Lipinski definition) is 2. The Morgan fingerprint density at radius 2 is 1.33 bits per heavy atom. The van der Waals surface area contributed by atoms with Crippen LogP contribution in [-0.4, -0.2) is 8.42 Å². The van der Waals surface area contributed by atoms with E-state index >= 15 is 0 Å². The van der Waals surface area contributed by atoms with Crippen LogP contribution in [0.4, 0.5) is 0 Å². The maximum Gasteiger partial charge on any atom is 0.206 e. The first-order valence-electron chi connectivity index (χ1n) is 5.58. The van der Waals surface area contributed by atoms with E-state index in [0.29, 0.717) is 9.79 Å². The van der Waals surface area contributed by atoms with Crippen LogP contribution in [0.3, 0.4) is 0 Å². The highest BCUT2D eigenvalue weighted by molar-refractivity contribution is 7.91. The molecule has 18 heavy (non-hydrogen) atoms. The molecular formula is C15H14O2S. The summed E-state index contributed by atoms with van der Waals surface area (Å²) in [5, 5.41) is 0. The second kappa shape index (κ2) is 4.78. The molecule has 0 bridgehead atoms. The molecule has 92 valence electrons. The molecule has 0 fully saturated rings. The third-order valence-corrected chi connectivity index (χ3v) is 4.54. The molecule has 3 heteroatoms. The number of benzene rings is 2. The van der Waals surface area contributed by atoms with E-state index in [2.05, 4.69) is 6.58 Å². The van der Waals surface area contributed by atoms with E-state index in [1.165, 1.54) is 0 Å². The van der Waals surface area contributed by atoms with Crippen LogP contribution in [0.2, 0.25) is 0 Å². The second-order valence-corrected chi connectivity index (χ2v) is 6.04. The lowest BCUT2D eigenvalue weighted by molar-refractivity contribution is 0.596. The van der Waals surface area contributed by atoms with Crippen molar-refractivity contribution in [2.75, 3.05) is 0 Å². The van der Waals surface area contributed by atoms with Crippen molar-refractivity contribution >= 4 is 15.9 Å². The molecular weight excluding hydrogens is 244 g/mol. The van der Waals surface area contributed by atoms with Crippen molar-refractivity contribution in [2.45, 2.75) is 16.7 Å². The van der Waals surface area contributed by atoms with Crippen molar-refractivity contribution in [3.05, 3.63) is 66.2 Å². The highest BCUT2D eigenvalue weighted by Gasteiger charge is 2.16. The Morgan fingerprint density at radius 1 is 0.889 bits per heavy atom. The third kappa shape index (κ3) is 2.36. The zero-order valence-electron chi connectivity index (χ0n) is 10.1. The Bertz CT molecular complexity index is 651. The Labute approximate surface area is 108 Å². The molecule has 0 unspecified atom stereocenters. The first-order chi connectivity index (χ1) is 8.54. The number of hydrogen-bond donors (Lipinski definition) is 0. The van der Waals surface area contributed by atoms with Crippen molar-refractivity contribution in [1.82, 2.24) is 0 Å². The molecule has 2 aromatic carbocycles. The zero-order chi connectivity index (χ0) is 13.2. The van der Waals surface area contributed by atoms with Crippen LogP contribution in [0.1, 0.15) is 11.1 Å². The van der Waals surface area contributed by atoms with Gasteiger partial charge >= 0.3 is 0 Å². The smallest absolute Gasteiger partial charge is 0.206 e. The van der Waals surface area contributed by atoms with Crippen LogP contribution in [0.5, 0.6) is 0 Å². The van der Waals surface area contributed by atoms with Gasteiger partial charge in [0.15, 0.2) is 0 Å². The van der Waals surface area contributed by atoms with E-state index in [4.69, 9.17) is 0 Å². The van der Waals surface area contributed by atoms with Gasteiger partial charge in [-0.15, -0.1) is 0 Å². The summed E-state index contributed by atoms with van der Waals surface area (Å²) in [5.74, 6) is 0. The van der Waals surface area contributed by atoms with E-state index in [1.807, 2.05) is 6.92 Å². The van der Waals surface area contributed by atoms with Crippen LogP contribution in [0.25, 0.3) is 6.08 Å². The summed E-state index contributed by atoms with van der Waals surface area (Å²) < 4.78 is 24.6. The van der Waals surface area contributed by atoms with Crippen molar-refractivity contribution in [2.24, 2.45) is 0 Å². The summed E-state index contributed by atoms with van der Waals surface area (Å²) in [6, 6.07) is 13.6. The Kier molecular flexibility index (Phi) is 3.34. The number of rotatable bonds is 3. The molecule has 0 heterocycles. The summed E-state index contributed by atoms with van der Waals surface area (Å²) in [6.07, 6.45) is 1.68. The van der Waals surface area contributed by atoms with E-state index < -0.39 is 9.84 Å². The monoisotopic (exact) mass is 258 g/mol. The maximum atomic E-state index is 12.3. The first-order valence-corrected chi connectivity index (χ1v) is 7.06. The summed E-state index contributed by atoms with van der Waals surface area (Å²) >= 11 is 0. The fraction of sp³-hybridized carbons (Fsp3) is 0.0667. The fourth-order valence-electron chi connectivity index (χ4n) is 1.64. The third-order valence-electron chi connectivity index (χ3n) is 2.76. The Morgan fingerprint density at radius 3 is 1.78 bits per heavy atom. The van der Waals surface area contributed by atoms with Gasteiger partial charge in [0.25, 0.3) is 0 Å². The summed E-state index contributed by atoms with van der Waals surface area (Å²) in [7, 11) is -3.42. The zero-order valence-corrected chi connectivity index (χ0v) is 10.9. The van der Waals surface area contributed by atoms with Gasteiger partial charge in [-0.2, -0.15) is 0 Å². The van der Waals surface area contributed by atoms with Gasteiger partial charge in [0.05, 0.1) is 9.79 Å². The summed E-state index contributed by atoms with van der Waals surface area (Å²) in [6.45, 7) is 5.57. The van der Waals surface area contributed by atoms with Crippen LogP contribution in [0, 0.1) is 6.92 Å². The fourth-order valence-corrected chi connectivity index (χ4v) is 2.90. The minimum absolute atomic E-state index is 0.303. The van der Waals surface area contributed by atoms with Crippen LogP contribution < -0.4 is 0 Å². The van der Waals surface area contributed by atoms with Crippen molar-refractivity contribution in [1.29, 1.82) is 0 Å². The largest absolute Gasteiger partial charge is 0.219 e. The van der Waals surface area contributed by atoms with Gasteiger partial charge in [0.1, 0.15) is 0 Å². The molecule has 0 N–H and O–H groups in total. The van der Waals surface area contributed by atoms with Gasteiger partial charge in [0, 0.05) is 0 Å². The van der Waals surface area contributed by atoms with E-state index in [0.717, 1.165) is 11.1 Å². The molecule has 0 aliphatic carbocycles. The number of aryl methyl sites for hydroxylation is 1. The van der Waals surface area contributed by atoms with E-state index in [1.54, 1.807) is 54.6 Å². The molecule has 0 radical (unpaired) electrons. The topological polar surface area (TPSA) is 34.1 Å². The van der Waals surface area contributed by atoms with Gasteiger partial charge in [-0.1, -0.05) is 42.5 Å². The minimum Gasteiger partial charge on any atom is -0.219 e. The van der Waals surface area contributed by atoms with Crippen molar-refractivity contribution in [3.63, 3.8) is 0 Å². The molecule has 0 amide bonds. The molecule has 0 saturated heterocycles. The van der Waals surface area contributed by atoms with E-state index in [-0.39, 0.29) is 0 Å². The highest BCUT2D eigenvalue weighted by Crippen LogP contribution is 2.21. The molecule has 2 nitrogen and oxygen atoms in total. The lowest BCUT2D eigenvalue weighted by Crippen LogP contribution is -2.01. The van der Waals surface area contributed by atoms with Crippen molar-refractivity contribution < 1.29 is 8.42 Å². The summed E-state index contributed by atoms with van der Waals surface area (Å²) in [4.78, 5) is 0.622. The van der Waals surface area contributed by atoms with Crippen molar-refractivity contribution in [3.8, 4) is 0 Å². The predicted octanol–water partition coefficient (Wildman–Crippen LogP) is 3.47. The van der Waals surface area contributed by atoms with E-state index in [9.17, 15) is 8.42 Å². The summed E-state index contributed by atoms with van der Waals surface area (Å²) in [5.41, 5.74) is 1.94. The molecule has 0 aromatic heterocycles. The van der Waals surface area contributed by atoms with Gasteiger partial charge in [-0.3, -0.25) is 0 Å². The SMILES string of the molecule is C=Cc1ccc(S(=O)(=O)c2ccc(C)cc2)cc1. The number of sulfone groups is 1. The highest BCUT2D eigenvalue weighted by atomic mass is 32.2. The van der Waals surface area contributed by atoms with Gasteiger partial charge in [-0.25, -0.2) is 8.42 Å². The Hall–Kier alpha value is -1.87. The quantitative estimate of drug-likeness (QED) is 0.844. The Balaban J connectivity index is 2.47. The maximum absolute atomic E-state index is 12.3. The van der Waals surface area contributed by atoms with Gasteiger partial charge < -0.3 is 0 Å². The van der Waals surface area contributed by atoms with Gasteiger partial charge in [-0.05, 0) is 36.8 Å². The molecule has 2 rings (SSSR count). The standard InChI is InChI=1S/C15H14O2S/c1-3-13-6-10-15(11-7-13)18(16,17)14-8-4-12(2)5-9-14/h3-11H,1H2,2H3. The average Bonchev–Trinajstić information content (AvgIpc) is 2.39. The average molecular weight is 258 g/mol. The molecule has 2 aromatic rings. The minimum atomic E-state index is -3.42. The lowest BCUT2D eigenvalue weighted by atomic mass is 10.2. The molecule has 0 spiro atoms. The molecule has 0 atom stereocenters. The van der Waals surface area contributed by atoms with Crippen LogP contribution in [0.15, 0.2) is 64.9 Å². The molecule has 0 aliphatic rings. The van der Waals surface area contributed by atoms with Gasteiger partial charge in [0.2, 0.25) is 9.84 Å². The van der Waals surface area contributed by atoms with Crippen LogP contribution >= 0.6 is 0 Å². The normalized spacial score (nSPS) is 11.2. The first kappa shape index (κ1) is 12.6. The van der Waals surface area contributed by atoms with Crippen LogP contribution in [-0.2, 0) is 9.84 Å². The molecule has 0 aliphatic heterocycles.